The summed E-state index contributed by atoms with van der Waals surface area (Å²) in [6.45, 7) is 4.05. The van der Waals surface area contributed by atoms with Gasteiger partial charge in [0.15, 0.2) is 5.82 Å². The fourth-order valence-corrected chi connectivity index (χ4v) is 1.80. The Hall–Kier alpha value is -1.46. The molecular weight excluding hydrogens is 230 g/mol. The minimum absolute atomic E-state index is 0.0581. The van der Waals surface area contributed by atoms with Crippen LogP contribution in [0.15, 0.2) is 0 Å². The predicted octanol–water partition coefficient (Wildman–Crippen LogP) is 2.13. The van der Waals surface area contributed by atoms with Crippen LogP contribution in [0.25, 0.3) is 0 Å². The van der Waals surface area contributed by atoms with Crippen LogP contribution in [0.2, 0.25) is 0 Å². The van der Waals surface area contributed by atoms with Crippen LogP contribution in [0, 0.1) is 0 Å². The van der Waals surface area contributed by atoms with E-state index in [-0.39, 0.29) is 11.9 Å². The van der Waals surface area contributed by atoms with Crippen molar-refractivity contribution in [1.82, 2.24) is 25.9 Å². The maximum Gasteiger partial charge on any atom is 0.220 e. The van der Waals surface area contributed by atoms with E-state index in [2.05, 4.69) is 32.9 Å². The number of aromatic amines is 1. The smallest absolute Gasteiger partial charge is 0.220 e. The minimum Gasteiger partial charge on any atom is -0.346 e. The van der Waals surface area contributed by atoms with Crippen molar-refractivity contribution in [3.63, 3.8) is 0 Å². The Balaban J connectivity index is 2.07. The molecule has 102 valence electrons. The molecule has 0 spiro atoms. The summed E-state index contributed by atoms with van der Waals surface area (Å²) in [4.78, 5) is 11.6. The molecule has 0 saturated carbocycles. The Morgan fingerprint density at radius 2 is 2.00 bits per heavy atom. The van der Waals surface area contributed by atoms with Crippen molar-refractivity contribution in [2.75, 3.05) is 0 Å². The van der Waals surface area contributed by atoms with Crippen molar-refractivity contribution in [2.45, 2.75) is 64.8 Å². The summed E-state index contributed by atoms with van der Waals surface area (Å²) < 4.78 is 0. The van der Waals surface area contributed by atoms with Gasteiger partial charge in [-0.1, -0.05) is 44.2 Å². The molecular formula is C12H23N5O. The van der Waals surface area contributed by atoms with Crippen LogP contribution in [0.4, 0.5) is 0 Å². The fraction of sp³-hybridized carbons (Fsp3) is 0.833. The highest BCUT2D eigenvalue weighted by atomic mass is 16.1. The maximum absolute atomic E-state index is 11.6. The normalized spacial score (nSPS) is 12.3. The largest absolute Gasteiger partial charge is 0.346 e. The molecule has 0 aliphatic heterocycles. The third-order valence-electron chi connectivity index (χ3n) is 2.88. The summed E-state index contributed by atoms with van der Waals surface area (Å²) in [5.74, 6) is 0.578. The third kappa shape index (κ3) is 5.75. The summed E-state index contributed by atoms with van der Waals surface area (Å²) in [5.41, 5.74) is 0. The van der Waals surface area contributed by atoms with Crippen molar-refractivity contribution in [2.24, 2.45) is 0 Å². The number of rotatable bonds is 9. The van der Waals surface area contributed by atoms with Gasteiger partial charge in [-0.25, -0.2) is 0 Å². The second kappa shape index (κ2) is 8.60. The van der Waals surface area contributed by atoms with Crippen LogP contribution in [-0.2, 0) is 4.79 Å². The Morgan fingerprint density at radius 1 is 1.28 bits per heavy atom. The minimum atomic E-state index is -0.184. The molecule has 0 aliphatic rings. The summed E-state index contributed by atoms with van der Waals surface area (Å²) in [7, 11) is 0. The first-order valence-corrected chi connectivity index (χ1v) is 6.76. The van der Waals surface area contributed by atoms with Gasteiger partial charge in [0, 0.05) is 6.42 Å². The second-order valence-corrected chi connectivity index (χ2v) is 4.58. The van der Waals surface area contributed by atoms with Gasteiger partial charge in [0.2, 0.25) is 5.91 Å². The van der Waals surface area contributed by atoms with Crippen LogP contribution < -0.4 is 5.32 Å². The molecule has 2 N–H and O–H groups in total. The SMILES string of the molecule is CCCCCCCCC(=O)NC(C)c1nn[nH]n1. The molecule has 0 bridgehead atoms. The Kier molecular flexibility index (Phi) is 6.98. The fourth-order valence-electron chi connectivity index (χ4n) is 1.80. The van der Waals surface area contributed by atoms with Crippen LogP contribution in [0.1, 0.15) is 70.7 Å². The molecule has 6 nitrogen and oxygen atoms in total. The number of carbonyl (C=O) groups is 1. The van der Waals surface area contributed by atoms with E-state index in [9.17, 15) is 4.79 Å². The molecule has 6 heteroatoms. The van der Waals surface area contributed by atoms with E-state index in [0.29, 0.717) is 12.2 Å². The summed E-state index contributed by atoms with van der Waals surface area (Å²) in [5, 5.41) is 16.4. The number of unbranched alkanes of at least 4 members (excludes halogenated alkanes) is 5. The molecule has 1 unspecified atom stereocenters. The maximum atomic E-state index is 11.6. The molecule has 0 saturated heterocycles. The number of nitrogens with one attached hydrogen (secondary N) is 2. The first-order chi connectivity index (χ1) is 8.74. The first-order valence-electron chi connectivity index (χ1n) is 6.76. The van der Waals surface area contributed by atoms with Crippen molar-refractivity contribution in [1.29, 1.82) is 0 Å². The monoisotopic (exact) mass is 253 g/mol. The number of H-pyrrole nitrogens is 1. The number of aromatic nitrogens is 4. The van der Waals surface area contributed by atoms with Gasteiger partial charge < -0.3 is 5.32 Å². The van der Waals surface area contributed by atoms with Crippen molar-refractivity contribution >= 4 is 5.91 Å². The van der Waals surface area contributed by atoms with E-state index in [1.54, 1.807) is 0 Å². The molecule has 0 radical (unpaired) electrons. The number of hydrogen-bond acceptors (Lipinski definition) is 4. The van der Waals surface area contributed by atoms with E-state index in [1.165, 1.54) is 25.7 Å². The van der Waals surface area contributed by atoms with Gasteiger partial charge in [0.05, 0.1) is 6.04 Å². The molecule has 18 heavy (non-hydrogen) atoms. The summed E-state index contributed by atoms with van der Waals surface area (Å²) in [6, 6.07) is -0.184. The Labute approximate surface area is 108 Å². The predicted molar refractivity (Wildman–Crippen MR) is 68.7 cm³/mol. The van der Waals surface area contributed by atoms with Crippen molar-refractivity contribution in [3.05, 3.63) is 5.82 Å². The summed E-state index contributed by atoms with van der Waals surface area (Å²) >= 11 is 0. The highest BCUT2D eigenvalue weighted by molar-refractivity contribution is 5.76. The number of tetrazole rings is 1. The standard InChI is InChI=1S/C12H23N5O/c1-3-4-5-6-7-8-9-11(18)13-10(2)12-14-16-17-15-12/h10H,3-9H2,1-2H3,(H,13,18)(H,14,15,16,17). The quantitative estimate of drug-likeness (QED) is 0.660. The van der Waals surface area contributed by atoms with Gasteiger partial charge in [0.25, 0.3) is 0 Å². The van der Waals surface area contributed by atoms with Gasteiger partial charge in [0.1, 0.15) is 0 Å². The van der Waals surface area contributed by atoms with Crippen molar-refractivity contribution in [3.8, 4) is 0 Å². The molecule has 1 heterocycles. The van der Waals surface area contributed by atoms with Crippen LogP contribution in [0.3, 0.4) is 0 Å². The van der Waals surface area contributed by atoms with Crippen LogP contribution in [0.5, 0.6) is 0 Å². The van der Waals surface area contributed by atoms with Crippen LogP contribution in [-0.4, -0.2) is 26.5 Å². The van der Waals surface area contributed by atoms with E-state index < -0.39 is 0 Å². The van der Waals surface area contributed by atoms with Gasteiger partial charge in [-0.2, -0.15) is 5.21 Å². The van der Waals surface area contributed by atoms with E-state index in [0.717, 1.165) is 12.8 Å². The van der Waals surface area contributed by atoms with Crippen molar-refractivity contribution < 1.29 is 4.79 Å². The zero-order valence-electron chi connectivity index (χ0n) is 11.3. The number of carbonyl (C=O) groups excluding carboxylic acids is 1. The molecule has 0 fully saturated rings. The van der Waals surface area contributed by atoms with E-state index in [1.807, 2.05) is 6.92 Å². The third-order valence-corrected chi connectivity index (χ3v) is 2.88. The number of hydrogen-bond donors (Lipinski definition) is 2. The van der Waals surface area contributed by atoms with Gasteiger partial charge in [-0.15, -0.1) is 10.2 Å². The molecule has 1 rings (SSSR count). The van der Waals surface area contributed by atoms with E-state index >= 15 is 0 Å². The average Bonchev–Trinajstić information content (AvgIpc) is 2.87. The zero-order valence-corrected chi connectivity index (χ0v) is 11.3. The second-order valence-electron chi connectivity index (χ2n) is 4.58. The Morgan fingerprint density at radius 3 is 2.67 bits per heavy atom. The lowest BCUT2D eigenvalue weighted by molar-refractivity contribution is -0.121. The van der Waals surface area contributed by atoms with E-state index in [4.69, 9.17) is 0 Å². The highest BCUT2D eigenvalue weighted by Crippen LogP contribution is 2.08. The lowest BCUT2D eigenvalue weighted by atomic mass is 10.1. The molecule has 1 amide bonds. The average molecular weight is 253 g/mol. The Bertz CT molecular complexity index is 325. The number of nitrogens with zero attached hydrogens (tertiary/aromatic N) is 3. The molecule has 1 aromatic heterocycles. The van der Waals surface area contributed by atoms with Gasteiger partial charge >= 0.3 is 0 Å². The topological polar surface area (TPSA) is 83.6 Å². The molecule has 0 aromatic carbocycles. The summed E-state index contributed by atoms with van der Waals surface area (Å²) in [6.07, 6.45) is 7.70. The highest BCUT2D eigenvalue weighted by Gasteiger charge is 2.12. The lowest BCUT2D eigenvalue weighted by Gasteiger charge is -2.09. The molecule has 1 aromatic rings. The van der Waals surface area contributed by atoms with Gasteiger partial charge in [-0.3, -0.25) is 4.79 Å². The number of amides is 1. The van der Waals surface area contributed by atoms with Gasteiger partial charge in [-0.05, 0) is 13.3 Å². The lowest BCUT2D eigenvalue weighted by Crippen LogP contribution is -2.27. The first kappa shape index (κ1) is 14.6. The van der Waals surface area contributed by atoms with Crippen LogP contribution >= 0.6 is 0 Å². The molecule has 1 atom stereocenters. The molecule has 0 aliphatic carbocycles. The zero-order chi connectivity index (χ0) is 13.2.